The number of nitrogens with zero attached hydrogens (tertiary/aromatic N) is 3. The number of carbonyl (C=O) groups excluding carboxylic acids is 1. The van der Waals surface area contributed by atoms with Crippen LogP contribution in [-0.2, 0) is 11.3 Å². The molecule has 1 aromatic heterocycles. The molecule has 1 aliphatic rings. The molecule has 0 aliphatic carbocycles. The molecule has 1 atom stereocenters. The SMILES string of the molecule is N#Cc1ccnc(S[C@H]2CCCN(Cc3ccccc3)C2=O)c1. The van der Waals surface area contributed by atoms with Crippen molar-refractivity contribution in [3.8, 4) is 6.07 Å². The van der Waals surface area contributed by atoms with Gasteiger partial charge in [0.2, 0.25) is 5.91 Å². The van der Waals surface area contributed by atoms with Gasteiger partial charge in [-0.2, -0.15) is 5.26 Å². The molecule has 3 rings (SSSR count). The lowest BCUT2D eigenvalue weighted by atomic mass is 10.1. The van der Waals surface area contributed by atoms with Crippen molar-refractivity contribution < 1.29 is 4.79 Å². The standard InChI is InChI=1S/C18H17N3OS/c19-12-15-8-9-20-17(11-15)23-16-7-4-10-21(18(16)22)13-14-5-2-1-3-6-14/h1-3,5-6,8-9,11,16H,4,7,10,13H2/t16-/m0/s1. The smallest absolute Gasteiger partial charge is 0.236 e. The van der Waals surface area contributed by atoms with Gasteiger partial charge in [-0.25, -0.2) is 4.98 Å². The lowest BCUT2D eigenvalue weighted by Gasteiger charge is -2.31. The summed E-state index contributed by atoms with van der Waals surface area (Å²) in [6.07, 6.45) is 3.47. The topological polar surface area (TPSA) is 57.0 Å². The van der Waals surface area contributed by atoms with Gasteiger partial charge < -0.3 is 4.90 Å². The molecule has 1 amide bonds. The summed E-state index contributed by atoms with van der Waals surface area (Å²) in [7, 11) is 0. The van der Waals surface area contributed by atoms with Crippen molar-refractivity contribution in [1.29, 1.82) is 5.26 Å². The van der Waals surface area contributed by atoms with Crippen LogP contribution in [0.25, 0.3) is 0 Å². The van der Waals surface area contributed by atoms with Crippen molar-refractivity contribution in [2.75, 3.05) is 6.54 Å². The van der Waals surface area contributed by atoms with Gasteiger partial charge in [0, 0.05) is 19.3 Å². The van der Waals surface area contributed by atoms with Gasteiger partial charge in [0.05, 0.1) is 21.9 Å². The minimum absolute atomic E-state index is 0.117. The van der Waals surface area contributed by atoms with Crippen LogP contribution in [-0.4, -0.2) is 27.6 Å². The van der Waals surface area contributed by atoms with Crippen LogP contribution >= 0.6 is 11.8 Å². The first kappa shape index (κ1) is 15.6. The van der Waals surface area contributed by atoms with Gasteiger partial charge in [-0.3, -0.25) is 4.79 Å². The number of thioether (sulfide) groups is 1. The predicted molar refractivity (Wildman–Crippen MR) is 89.7 cm³/mol. The molecule has 1 fully saturated rings. The molecule has 0 N–H and O–H groups in total. The van der Waals surface area contributed by atoms with E-state index in [0.29, 0.717) is 12.1 Å². The van der Waals surface area contributed by atoms with E-state index in [-0.39, 0.29) is 11.2 Å². The van der Waals surface area contributed by atoms with Crippen molar-refractivity contribution >= 4 is 17.7 Å². The highest BCUT2D eigenvalue weighted by molar-refractivity contribution is 8.00. The van der Waals surface area contributed by atoms with E-state index in [0.717, 1.165) is 30.0 Å². The van der Waals surface area contributed by atoms with Gasteiger partial charge in [-0.05, 0) is 30.5 Å². The maximum Gasteiger partial charge on any atom is 0.236 e. The number of aromatic nitrogens is 1. The Morgan fingerprint density at radius 2 is 2.13 bits per heavy atom. The second-order valence-electron chi connectivity index (χ2n) is 5.49. The molecular formula is C18H17N3OS. The zero-order valence-corrected chi connectivity index (χ0v) is 13.5. The Balaban J connectivity index is 1.68. The van der Waals surface area contributed by atoms with Crippen LogP contribution in [0.1, 0.15) is 24.0 Å². The van der Waals surface area contributed by atoms with Crippen LogP contribution in [0.4, 0.5) is 0 Å². The molecule has 4 nitrogen and oxygen atoms in total. The number of nitriles is 1. The third-order valence-corrected chi connectivity index (χ3v) is 5.01. The Hall–Kier alpha value is -2.32. The lowest BCUT2D eigenvalue weighted by Crippen LogP contribution is -2.42. The number of amides is 1. The van der Waals surface area contributed by atoms with E-state index in [9.17, 15) is 4.79 Å². The summed E-state index contributed by atoms with van der Waals surface area (Å²) in [4.78, 5) is 18.9. The summed E-state index contributed by atoms with van der Waals surface area (Å²) in [5.74, 6) is 0.161. The van der Waals surface area contributed by atoms with Crippen LogP contribution < -0.4 is 0 Å². The first-order valence-electron chi connectivity index (χ1n) is 7.62. The fraction of sp³-hybridized carbons (Fsp3) is 0.278. The molecule has 0 unspecified atom stereocenters. The average molecular weight is 323 g/mol. The highest BCUT2D eigenvalue weighted by atomic mass is 32.2. The third-order valence-electron chi connectivity index (χ3n) is 3.82. The van der Waals surface area contributed by atoms with Crippen molar-refractivity contribution in [3.05, 3.63) is 59.8 Å². The van der Waals surface area contributed by atoms with Gasteiger partial charge in [0.25, 0.3) is 0 Å². The summed E-state index contributed by atoms with van der Waals surface area (Å²) in [6.45, 7) is 1.46. The highest BCUT2D eigenvalue weighted by Gasteiger charge is 2.29. The number of benzene rings is 1. The molecule has 1 saturated heterocycles. The van der Waals surface area contributed by atoms with Crippen LogP contribution in [0.15, 0.2) is 53.7 Å². The number of likely N-dealkylation sites (tertiary alicyclic amines) is 1. The van der Waals surface area contributed by atoms with Gasteiger partial charge >= 0.3 is 0 Å². The molecule has 0 radical (unpaired) electrons. The maximum absolute atomic E-state index is 12.7. The maximum atomic E-state index is 12.7. The Morgan fingerprint density at radius 3 is 2.91 bits per heavy atom. The van der Waals surface area contributed by atoms with Crippen LogP contribution in [0.5, 0.6) is 0 Å². The van der Waals surface area contributed by atoms with E-state index in [1.165, 1.54) is 11.8 Å². The van der Waals surface area contributed by atoms with Crippen molar-refractivity contribution in [1.82, 2.24) is 9.88 Å². The van der Waals surface area contributed by atoms with Gasteiger partial charge in [0.15, 0.2) is 0 Å². The normalized spacial score (nSPS) is 17.8. The molecule has 5 heteroatoms. The number of carbonyl (C=O) groups is 1. The van der Waals surface area contributed by atoms with E-state index in [4.69, 9.17) is 5.26 Å². The number of hydrogen-bond acceptors (Lipinski definition) is 4. The highest BCUT2D eigenvalue weighted by Crippen LogP contribution is 2.30. The quantitative estimate of drug-likeness (QED) is 0.867. The summed E-state index contributed by atoms with van der Waals surface area (Å²) in [5.41, 5.74) is 1.73. The molecule has 0 saturated carbocycles. The molecule has 2 heterocycles. The monoisotopic (exact) mass is 323 g/mol. The molecular weight excluding hydrogens is 306 g/mol. The Bertz CT molecular complexity index is 727. The van der Waals surface area contributed by atoms with Crippen LogP contribution in [0, 0.1) is 11.3 Å². The van der Waals surface area contributed by atoms with Crippen molar-refractivity contribution in [2.45, 2.75) is 29.7 Å². The summed E-state index contributed by atoms with van der Waals surface area (Å²) >= 11 is 1.46. The molecule has 1 aromatic carbocycles. The lowest BCUT2D eigenvalue weighted by molar-refractivity contribution is -0.133. The van der Waals surface area contributed by atoms with Crippen molar-refractivity contribution in [3.63, 3.8) is 0 Å². The second kappa shape index (κ2) is 7.30. The number of piperidine rings is 1. The molecule has 1 aliphatic heterocycles. The Kier molecular flexibility index (Phi) is 4.94. The summed E-state index contributed by atoms with van der Waals surface area (Å²) in [5, 5.41) is 9.59. The van der Waals surface area contributed by atoms with Crippen LogP contribution in [0.2, 0.25) is 0 Å². The van der Waals surface area contributed by atoms with E-state index >= 15 is 0 Å². The van der Waals surface area contributed by atoms with E-state index in [1.807, 2.05) is 35.2 Å². The third kappa shape index (κ3) is 3.91. The zero-order chi connectivity index (χ0) is 16.1. The number of hydrogen-bond donors (Lipinski definition) is 0. The zero-order valence-electron chi connectivity index (χ0n) is 12.7. The van der Waals surface area contributed by atoms with Gasteiger partial charge in [-0.1, -0.05) is 42.1 Å². The van der Waals surface area contributed by atoms with E-state index < -0.39 is 0 Å². The first-order valence-corrected chi connectivity index (χ1v) is 8.50. The molecule has 0 bridgehead atoms. The Labute approximate surface area is 140 Å². The van der Waals surface area contributed by atoms with Crippen LogP contribution in [0.3, 0.4) is 0 Å². The first-order chi connectivity index (χ1) is 11.3. The Morgan fingerprint density at radius 1 is 1.30 bits per heavy atom. The van der Waals surface area contributed by atoms with E-state index in [1.54, 1.807) is 18.3 Å². The van der Waals surface area contributed by atoms with Gasteiger partial charge in [-0.15, -0.1) is 0 Å². The van der Waals surface area contributed by atoms with Crippen molar-refractivity contribution in [2.24, 2.45) is 0 Å². The minimum Gasteiger partial charge on any atom is -0.337 e. The second-order valence-corrected chi connectivity index (χ2v) is 6.71. The minimum atomic E-state index is -0.117. The predicted octanol–water partition coefficient (Wildman–Crippen LogP) is 3.24. The average Bonchev–Trinajstić information content (AvgIpc) is 2.59. The molecule has 0 spiro atoms. The molecule has 2 aromatic rings. The molecule has 23 heavy (non-hydrogen) atoms. The summed E-state index contributed by atoms with van der Waals surface area (Å²) in [6, 6.07) is 15.6. The number of pyridine rings is 1. The molecule has 116 valence electrons. The number of rotatable bonds is 4. The van der Waals surface area contributed by atoms with E-state index in [2.05, 4.69) is 11.1 Å². The largest absolute Gasteiger partial charge is 0.337 e. The fourth-order valence-corrected chi connectivity index (χ4v) is 3.81. The van der Waals surface area contributed by atoms with Gasteiger partial charge in [0.1, 0.15) is 0 Å². The summed E-state index contributed by atoms with van der Waals surface area (Å²) < 4.78 is 0. The fourth-order valence-electron chi connectivity index (χ4n) is 2.66.